The largest absolute Gasteiger partial charge is 0.451 e. The van der Waals surface area contributed by atoms with Gasteiger partial charge in [-0.05, 0) is 44.0 Å². The lowest BCUT2D eigenvalue weighted by atomic mass is 10.1. The number of para-hydroxylation sites is 1. The van der Waals surface area contributed by atoms with Crippen molar-refractivity contribution in [3.63, 3.8) is 0 Å². The summed E-state index contributed by atoms with van der Waals surface area (Å²) >= 11 is 0. The third-order valence-corrected chi connectivity index (χ3v) is 4.48. The molecule has 6 nitrogen and oxygen atoms in total. The van der Waals surface area contributed by atoms with Crippen molar-refractivity contribution >= 4 is 23.5 Å². The summed E-state index contributed by atoms with van der Waals surface area (Å²) in [7, 11) is 0. The third kappa shape index (κ3) is 4.34. The minimum Gasteiger partial charge on any atom is -0.451 e. The number of aryl methyl sites for hydroxylation is 1. The molecule has 0 radical (unpaired) electrons. The van der Waals surface area contributed by atoms with E-state index < -0.39 is 12.1 Å². The Morgan fingerprint density at radius 3 is 2.70 bits per heavy atom. The second kappa shape index (κ2) is 8.03. The Bertz CT molecular complexity index is 878. The van der Waals surface area contributed by atoms with Crippen molar-refractivity contribution in [2.75, 3.05) is 18.0 Å². The highest BCUT2D eigenvalue weighted by Crippen LogP contribution is 2.28. The quantitative estimate of drug-likeness (QED) is 0.824. The zero-order chi connectivity index (χ0) is 19.4. The fraction of sp³-hybridized carbons (Fsp3) is 0.286. The number of hydrogen-bond acceptors (Lipinski definition) is 4. The lowest BCUT2D eigenvalue weighted by Gasteiger charge is -2.21. The molecule has 0 bridgehead atoms. The third-order valence-electron chi connectivity index (χ3n) is 4.48. The van der Waals surface area contributed by atoms with E-state index in [-0.39, 0.29) is 18.4 Å². The molecular weight excluding hydrogens is 344 g/mol. The fourth-order valence-electron chi connectivity index (χ4n) is 3.12. The van der Waals surface area contributed by atoms with E-state index in [0.717, 1.165) is 23.2 Å². The van der Waals surface area contributed by atoms with Crippen LogP contribution in [0.25, 0.3) is 0 Å². The van der Waals surface area contributed by atoms with Crippen LogP contribution in [0.15, 0.2) is 48.5 Å². The summed E-state index contributed by atoms with van der Waals surface area (Å²) in [5.74, 6) is -1.27. The Labute approximate surface area is 158 Å². The van der Waals surface area contributed by atoms with Crippen molar-refractivity contribution < 1.29 is 19.1 Å². The maximum atomic E-state index is 12.6. The first-order valence-corrected chi connectivity index (χ1v) is 8.89. The van der Waals surface area contributed by atoms with Crippen LogP contribution in [-0.4, -0.2) is 37.0 Å². The first kappa shape index (κ1) is 18.6. The number of nitrogens with zero attached hydrogens (tertiary/aromatic N) is 1. The normalized spacial score (nSPS) is 13.6. The van der Waals surface area contributed by atoms with Crippen molar-refractivity contribution in [1.82, 2.24) is 5.32 Å². The zero-order valence-corrected chi connectivity index (χ0v) is 15.4. The van der Waals surface area contributed by atoms with Crippen LogP contribution in [0, 0.1) is 6.92 Å². The van der Waals surface area contributed by atoms with E-state index in [1.807, 2.05) is 37.3 Å². The number of anilines is 1. The van der Waals surface area contributed by atoms with Crippen LogP contribution in [0.4, 0.5) is 5.69 Å². The molecule has 6 heteroatoms. The summed E-state index contributed by atoms with van der Waals surface area (Å²) < 4.78 is 5.20. The number of benzene rings is 2. The van der Waals surface area contributed by atoms with Gasteiger partial charge in [0.2, 0.25) is 0 Å². The van der Waals surface area contributed by atoms with Gasteiger partial charge in [0.15, 0.2) is 6.10 Å². The number of carbonyl (C=O) groups is 3. The molecule has 2 aromatic rings. The zero-order valence-electron chi connectivity index (χ0n) is 15.4. The molecule has 0 aliphatic carbocycles. The van der Waals surface area contributed by atoms with Crippen molar-refractivity contribution in [2.24, 2.45) is 0 Å². The van der Waals surface area contributed by atoms with Gasteiger partial charge in [-0.2, -0.15) is 0 Å². The molecule has 2 amide bonds. The molecule has 0 spiro atoms. The molecule has 1 aliphatic heterocycles. The Kier molecular flexibility index (Phi) is 5.54. The summed E-state index contributed by atoms with van der Waals surface area (Å²) in [4.78, 5) is 38.3. The number of amides is 2. The summed E-state index contributed by atoms with van der Waals surface area (Å²) in [6.45, 7) is 3.71. The van der Waals surface area contributed by atoms with Crippen LogP contribution in [0.1, 0.15) is 28.4 Å². The minimum atomic E-state index is -0.917. The van der Waals surface area contributed by atoms with Gasteiger partial charge in [-0.25, -0.2) is 0 Å². The highest BCUT2D eigenvalue weighted by Gasteiger charge is 2.29. The van der Waals surface area contributed by atoms with Gasteiger partial charge in [-0.15, -0.1) is 0 Å². The Hall–Kier alpha value is -3.15. The fourth-order valence-corrected chi connectivity index (χ4v) is 3.12. The number of nitrogens with one attached hydrogen (secondary N) is 1. The van der Waals surface area contributed by atoms with Gasteiger partial charge in [0.05, 0.1) is 0 Å². The average Bonchev–Trinajstić information content (AvgIpc) is 3.09. The lowest BCUT2D eigenvalue weighted by Crippen LogP contribution is -2.41. The van der Waals surface area contributed by atoms with Crippen LogP contribution >= 0.6 is 0 Å². The van der Waals surface area contributed by atoms with Gasteiger partial charge < -0.3 is 15.0 Å². The standard InChI is InChI=1S/C21H22N2O4/c1-14-6-5-8-17(12-14)20(25)22-13-19(24)27-15(2)21(26)23-11-10-16-7-3-4-9-18(16)23/h3-9,12,15H,10-11,13H2,1-2H3,(H,22,25)/t15-/m1/s1. The van der Waals surface area contributed by atoms with Crippen LogP contribution < -0.4 is 10.2 Å². The maximum Gasteiger partial charge on any atom is 0.326 e. The number of esters is 1. The van der Waals surface area contributed by atoms with Gasteiger partial charge in [-0.3, -0.25) is 14.4 Å². The van der Waals surface area contributed by atoms with E-state index >= 15 is 0 Å². The first-order chi connectivity index (χ1) is 13.0. The number of fused-ring (bicyclic) bond motifs is 1. The Morgan fingerprint density at radius 2 is 1.93 bits per heavy atom. The van der Waals surface area contributed by atoms with Crippen molar-refractivity contribution in [2.45, 2.75) is 26.4 Å². The highest BCUT2D eigenvalue weighted by molar-refractivity contribution is 5.99. The van der Waals surface area contributed by atoms with E-state index in [0.29, 0.717) is 12.1 Å². The second-order valence-corrected chi connectivity index (χ2v) is 6.55. The molecule has 0 aromatic heterocycles. The van der Waals surface area contributed by atoms with E-state index in [1.165, 1.54) is 0 Å². The molecule has 1 heterocycles. The van der Waals surface area contributed by atoms with Crippen LogP contribution in [0.5, 0.6) is 0 Å². The van der Waals surface area contributed by atoms with E-state index in [1.54, 1.807) is 30.0 Å². The average molecular weight is 366 g/mol. The van der Waals surface area contributed by atoms with Gasteiger partial charge in [0.1, 0.15) is 6.54 Å². The second-order valence-electron chi connectivity index (χ2n) is 6.55. The molecule has 1 atom stereocenters. The maximum absolute atomic E-state index is 12.6. The monoisotopic (exact) mass is 366 g/mol. The molecule has 1 N–H and O–H groups in total. The lowest BCUT2D eigenvalue weighted by molar-refractivity contribution is -0.152. The highest BCUT2D eigenvalue weighted by atomic mass is 16.5. The molecule has 0 unspecified atom stereocenters. The predicted molar refractivity (Wildman–Crippen MR) is 102 cm³/mol. The SMILES string of the molecule is Cc1cccc(C(=O)NCC(=O)O[C@H](C)C(=O)N2CCc3ccccc32)c1. The first-order valence-electron chi connectivity index (χ1n) is 8.89. The van der Waals surface area contributed by atoms with E-state index in [4.69, 9.17) is 4.74 Å². The molecular formula is C21H22N2O4. The van der Waals surface area contributed by atoms with Crippen LogP contribution in [-0.2, 0) is 20.7 Å². The number of rotatable bonds is 5. The molecule has 0 saturated carbocycles. The van der Waals surface area contributed by atoms with Crippen LogP contribution in [0.2, 0.25) is 0 Å². The van der Waals surface area contributed by atoms with E-state index in [9.17, 15) is 14.4 Å². The Balaban J connectivity index is 1.52. The molecule has 0 saturated heterocycles. The molecule has 140 valence electrons. The van der Waals surface area contributed by atoms with Crippen LogP contribution in [0.3, 0.4) is 0 Å². The smallest absolute Gasteiger partial charge is 0.326 e. The van der Waals surface area contributed by atoms with Crippen molar-refractivity contribution in [3.8, 4) is 0 Å². The molecule has 27 heavy (non-hydrogen) atoms. The summed E-state index contributed by atoms with van der Waals surface area (Å²) in [5.41, 5.74) is 3.39. The Morgan fingerprint density at radius 1 is 1.15 bits per heavy atom. The number of ether oxygens (including phenoxy) is 1. The summed E-state index contributed by atoms with van der Waals surface area (Å²) in [6, 6.07) is 14.8. The van der Waals surface area contributed by atoms with Gasteiger partial charge in [-0.1, -0.05) is 35.9 Å². The van der Waals surface area contributed by atoms with E-state index in [2.05, 4.69) is 5.32 Å². The summed E-state index contributed by atoms with van der Waals surface area (Å²) in [5, 5.41) is 2.52. The predicted octanol–water partition coefficient (Wildman–Crippen LogP) is 2.25. The van der Waals surface area contributed by atoms with Crippen molar-refractivity contribution in [1.29, 1.82) is 0 Å². The van der Waals surface area contributed by atoms with Crippen molar-refractivity contribution in [3.05, 3.63) is 65.2 Å². The topological polar surface area (TPSA) is 75.7 Å². The molecule has 2 aromatic carbocycles. The van der Waals surface area contributed by atoms with Gasteiger partial charge >= 0.3 is 5.97 Å². The minimum absolute atomic E-state index is 0.265. The van der Waals surface area contributed by atoms with Gasteiger partial charge in [0.25, 0.3) is 11.8 Å². The number of carbonyl (C=O) groups excluding carboxylic acids is 3. The van der Waals surface area contributed by atoms with Gasteiger partial charge in [0, 0.05) is 17.8 Å². The molecule has 3 rings (SSSR count). The molecule has 0 fully saturated rings. The molecule has 1 aliphatic rings. The number of hydrogen-bond donors (Lipinski definition) is 1. The summed E-state index contributed by atoms with van der Waals surface area (Å²) in [6.07, 6.45) is -0.130.